The van der Waals surface area contributed by atoms with Crippen LogP contribution in [-0.2, 0) is 9.59 Å². The number of hydrogen-bond donors (Lipinski definition) is 0. The van der Waals surface area contributed by atoms with E-state index in [1.54, 1.807) is 23.5 Å². The van der Waals surface area contributed by atoms with Gasteiger partial charge in [-0.1, -0.05) is 0 Å². The third-order valence-electron chi connectivity index (χ3n) is 1.65. The third-order valence-corrected chi connectivity index (χ3v) is 4.72. The van der Waals surface area contributed by atoms with Crippen LogP contribution in [-0.4, -0.2) is 40.8 Å². The Kier molecular flexibility index (Phi) is 4.86. The van der Waals surface area contributed by atoms with Crippen molar-refractivity contribution in [2.45, 2.75) is 10.5 Å². The summed E-state index contributed by atoms with van der Waals surface area (Å²) in [6, 6.07) is 0. The molecule has 0 aliphatic carbocycles. The number of carbonyl (C=O) groups excluding carboxylic acids is 2. The van der Waals surface area contributed by atoms with Crippen LogP contribution >= 0.6 is 23.5 Å². The van der Waals surface area contributed by atoms with Crippen molar-refractivity contribution in [3.05, 3.63) is 0 Å². The van der Waals surface area contributed by atoms with Gasteiger partial charge in [0.15, 0.2) is 0 Å². The molecule has 4 nitrogen and oxygen atoms in total. The summed E-state index contributed by atoms with van der Waals surface area (Å²) >= 11 is 3.48. The molecule has 0 radical (unpaired) electrons. The van der Waals surface area contributed by atoms with Gasteiger partial charge in [-0.15, -0.1) is 23.5 Å². The van der Waals surface area contributed by atoms with Crippen molar-refractivity contribution < 1.29 is 9.59 Å². The monoisotopic (exact) mass is 216 g/mol. The summed E-state index contributed by atoms with van der Waals surface area (Å²) in [6.45, 7) is 0.945. The Morgan fingerprint density at radius 1 is 1.08 bits per heavy atom. The van der Waals surface area contributed by atoms with Crippen molar-refractivity contribution in [1.82, 2.24) is 0 Å². The molecule has 2 atom stereocenters. The molecule has 1 aliphatic rings. The first-order valence-corrected chi connectivity index (χ1v) is 5.78. The molecule has 0 N–H and O–H groups in total. The molecule has 0 spiro atoms. The first-order valence-electron chi connectivity index (χ1n) is 3.69. The normalized spacial score (nSPS) is 26.2. The lowest BCUT2D eigenvalue weighted by molar-refractivity contribution is 0.560. The Hall–Kier alpha value is -0.540. The molecule has 1 saturated heterocycles. The van der Waals surface area contributed by atoms with Crippen LogP contribution in [0.3, 0.4) is 0 Å². The Morgan fingerprint density at radius 3 is 1.92 bits per heavy atom. The predicted molar refractivity (Wildman–Crippen MR) is 53.6 cm³/mol. The number of isocyanates is 2. The van der Waals surface area contributed by atoms with Crippen LogP contribution in [0.4, 0.5) is 0 Å². The van der Waals surface area contributed by atoms with Gasteiger partial charge in [0.1, 0.15) is 0 Å². The second-order valence-corrected chi connectivity index (χ2v) is 5.21. The lowest BCUT2D eigenvalue weighted by Crippen LogP contribution is -2.21. The first kappa shape index (κ1) is 10.5. The maximum atomic E-state index is 9.89. The van der Waals surface area contributed by atoms with E-state index in [0.29, 0.717) is 13.1 Å². The van der Waals surface area contributed by atoms with Crippen LogP contribution in [0.25, 0.3) is 0 Å². The molecule has 0 amide bonds. The highest BCUT2D eigenvalue weighted by Crippen LogP contribution is 2.36. The van der Waals surface area contributed by atoms with Crippen molar-refractivity contribution in [3.8, 4) is 0 Å². The minimum absolute atomic E-state index is 0.281. The highest BCUT2D eigenvalue weighted by atomic mass is 32.2. The fraction of sp³-hybridized carbons (Fsp3) is 0.714. The molecule has 0 aromatic carbocycles. The molecule has 13 heavy (non-hydrogen) atoms. The summed E-state index contributed by atoms with van der Waals surface area (Å²) in [4.78, 5) is 26.8. The number of aliphatic imine (C=N–C) groups is 2. The maximum absolute atomic E-state index is 9.89. The van der Waals surface area contributed by atoms with Gasteiger partial charge in [-0.25, -0.2) is 19.6 Å². The molecule has 1 rings (SSSR count). The molecular formula is C7H8N2O2S2. The molecule has 0 bridgehead atoms. The Morgan fingerprint density at radius 2 is 1.54 bits per heavy atom. The molecule has 1 heterocycles. The largest absolute Gasteiger partial charge is 0.234 e. The number of thioether (sulfide) groups is 2. The summed E-state index contributed by atoms with van der Waals surface area (Å²) in [7, 11) is 0. The van der Waals surface area contributed by atoms with Crippen molar-refractivity contribution >= 4 is 35.7 Å². The Labute approximate surface area is 84.3 Å². The lowest BCUT2D eigenvalue weighted by atomic mass is 10.3. The fourth-order valence-electron chi connectivity index (χ4n) is 1.02. The van der Waals surface area contributed by atoms with E-state index >= 15 is 0 Å². The highest BCUT2D eigenvalue weighted by Gasteiger charge is 2.28. The van der Waals surface area contributed by atoms with Crippen LogP contribution in [0.5, 0.6) is 0 Å². The molecule has 1 aliphatic heterocycles. The molecular weight excluding hydrogens is 208 g/mol. The van der Waals surface area contributed by atoms with Crippen LogP contribution < -0.4 is 0 Å². The second-order valence-electron chi connectivity index (χ2n) is 2.39. The van der Waals surface area contributed by atoms with E-state index in [9.17, 15) is 9.59 Å². The third kappa shape index (κ3) is 3.36. The molecule has 6 heteroatoms. The lowest BCUT2D eigenvalue weighted by Gasteiger charge is -2.11. The minimum Gasteiger partial charge on any atom is -0.211 e. The SMILES string of the molecule is O=C=NCC1SCSC1CN=C=O. The van der Waals surface area contributed by atoms with Crippen molar-refractivity contribution in [3.63, 3.8) is 0 Å². The topological polar surface area (TPSA) is 58.9 Å². The zero-order valence-electron chi connectivity index (χ0n) is 6.80. The predicted octanol–water partition coefficient (Wildman–Crippen LogP) is 0.833. The van der Waals surface area contributed by atoms with E-state index in [0.717, 1.165) is 5.08 Å². The molecule has 1 fully saturated rings. The molecule has 0 aromatic heterocycles. The van der Waals surface area contributed by atoms with Gasteiger partial charge in [-0.2, -0.15) is 0 Å². The van der Waals surface area contributed by atoms with Gasteiger partial charge in [-0.3, -0.25) is 0 Å². The van der Waals surface area contributed by atoms with E-state index in [1.807, 2.05) is 0 Å². The summed E-state index contributed by atoms with van der Waals surface area (Å²) < 4.78 is 0. The van der Waals surface area contributed by atoms with Gasteiger partial charge in [0.25, 0.3) is 0 Å². The minimum atomic E-state index is 0.281. The average molecular weight is 216 g/mol. The summed E-state index contributed by atoms with van der Waals surface area (Å²) in [5, 5.41) is 1.53. The van der Waals surface area contributed by atoms with Gasteiger partial charge >= 0.3 is 0 Å². The Balaban J connectivity index is 2.42. The number of rotatable bonds is 4. The van der Waals surface area contributed by atoms with Crippen molar-refractivity contribution in [1.29, 1.82) is 0 Å². The first-order chi connectivity index (χ1) is 6.38. The molecule has 0 saturated carbocycles. The van der Waals surface area contributed by atoms with Gasteiger partial charge in [0.2, 0.25) is 12.2 Å². The smallest absolute Gasteiger partial charge is 0.211 e. The Bertz CT molecular complexity index is 233. The van der Waals surface area contributed by atoms with Crippen LogP contribution in [0.1, 0.15) is 0 Å². The fourth-order valence-corrected chi connectivity index (χ4v) is 4.17. The summed E-state index contributed by atoms with van der Waals surface area (Å²) in [5.41, 5.74) is 0. The van der Waals surface area contributed by atoms with E-state index in [4.69, 9.17) is 0 Å². The van der Waals surface area contributed by atoms with Crippen molar-refractivity contribution in [2.75, 3.05) is 18.2 Å². The van der Waals surface area contributed by atoms with Gasteiger partial charge in [0, 0.05) is 15.6 Å². The van der Waals surface area contributed by atoms with Crippen LogP contribution in [0.15, 0.2) is 9.98 Å². The van der Waals surface area contributed by atoms with Gasteiger partial charge in [0.05, 0.1) is 13.1 Å². The second kappa shape index (κ2) is 6.00. The van der Waals surface area contributed by atoms with Gasteiger partial charge < -0.3 is 0 Å². The van der Waals surface area contributed by atoms with E-state index in [2.05, 4.69) is 9.98 Å². The van der Waals surface area contributed by atoms with Crippen molar-refractivity contribution in [2.24, 2.45) is 9.98 Å². The number of nitrogens with zero attached hydrogens (tertiary/aromatic N) is 2. The average Bonchev–Trinajstić information content (AvgIpc) is 2.59. The van der Waals surface area contributed by atoms with E-state index in [1.165, 1.54) is 12.2 Å². The van der Waals surface area contributed by atoms with E-state index in [-0.39, 0.29) is 10.5 Å². The zero-order valence-corrected chi connectivity index (χ0v) is 8.44. The van der Waals surface area contributed by atoms with Crippen LogP contribution in [0, 0.1) is 0 Å². The zero-order chi connectivity index (χ0) is 9.52. The van der Waals surface area contributed by atoms with Gasteiger partial charge in [-0.05, 0) is 0 Å². The number of hydrogen-bond acceptors (Lipinski definition) is 6. The molecule has 0 aromatic rings. The van der Waals surface area contributed by atoms with E-state index < -0.39 is 0 Å². The summed E-state index contributed by atoms with van der Waals surface area (Å²) in [6.07, 6.45) is 3.03. The summed E-state index contributed by atoms with van der Waals surface area (Å²) in [5.74, 6) is 0. The quantitative estimate of drug-likeness (QED) is 0.516. The maximum Gasteiger partial charge on any atom is 0.234 e. The highest BCUT2D eigenvalue weighted by molar-refractivity contribution is 8.19. The standard InChI is InChI=1S/C7H8N2O2S2/c10-3-8-1-6-7(2-9-4-11)13-5-12-6/h6-7H,1-2,5H2. The molecule has 70 valence electrons. The van der Waals surface area contributed by atoms with Crippen LogP contribution in [0.2, 0.25) is 0 Å². The molecule has 2 unspecified atom stereocenters.